The van der Waals surface area contributed by atoms with Gasteiger partial charge in [0.15, 0.2) is 5.96 Å². The van der Waals surface area contributed by atoms with E-state index in [1.807, 2.05) is 18.2 Å². The van der Waals surface area contributed by atoms with E-state index in [1.54, 1.807) is 0 Å². The van der Waals surface area contributed by atoms with Crippen molar-refractivity contribution < 1.29 is 9.84 Å². The van der Waals surface area contributed by atoms with Gasteiger partial charge < -0.3 is 20.5 Å². The highest BCUT2D eigenvalue weighted by atomic mass is 127. The molecule has 0 spiro atoms. The molecule has 0 bridgehead atoms. The molecule has 0 saturated carbocycles. The maximum atomic E-state index is 9.38. The second kappa shape index (κ2) is 16.1. The van der Waals surface area contributed by atoms with E-state index in [9.17, 15) is 5.11 Å². The fourth-order valence-corrected chi connectivity index (χ4v) is 4.22. The number of aliphatic hydroxyl groups is 1. The smallest absolute Gasteiger partial charge is 0.191 e. The summed E-state index contributed by atoms with van der Waals surface area (Å²) in [5.41, 5.74) is 1.13. The lowest BCUT2D eigenvalue weighted by Crippen LogP contribution is -2.46. The summed E-state index contributed by atoms with van der Waals surface area (Å²) in [5, 5.41) is 17.1. The predicted octanol–water partition coefficient (Wildman–Crippen LogP) is 3.93. The van der Waals surface area contributed by atoms with Crippen LogP contribution < -0.4 is 10.6 Å². The third-order valence-electron chi connectivity index (χ3n) is 5.41. The fourth-order valence-electron chi connectivity index (χ4n) is 3.96. The minimum atomic E-state index is 0. The molecule has 2 atom stereocenters. The Morgan fingerprint density at radius 2 is 1.94 bits per heavy atom. The van der Waals surface area contributed by atoms with Crippen molar-refractivity contribution in [1.82, 2.24) is 15.5 Å². The summed E-state index contributed by atoms with van der Waals surface area (Å²) in [6, 6.07) is 8.22. The lowest BCUT2D eigenvalue weighted by atomic mass is 9.94. The van der Waals surface area contributed by atoms with Crippen LogP contribution >= 0.6 is 35.6 Å². The molecule has 1 aliphatic rings. The molecule has 2 unspecified atom stereocenters. The lowest BCUT2D eigenvalue weighted by molar-refractivity contribution is 0.0170. The van der Waals surface area contributed by atoms with E-state index >= 15 is 0 Å². The van der Waals surface area contributed by atoms with Crippen molar-refractivity contribution in [3.05, 3.63) is 34.9 Å². The Kier molecular flexibility index (Phi) is 14.7. The Balaban J connectivity index is 0.00000480. The topological polar surface area (TPSA) is 69.1 Å². The number of hydrogen-bond acceptors (Lipinski definition) is 4. The first kappa shape index (κ1) is 28.4. The lowest BCUT2D eigenvalue weighted by Gasteiger charge is -2.35. The van der Waals surface area contributed by atoms with Gasteiger partial charge in [0.25, 0.3) is 0 Å². The molecule has 1 heterocycles. The first-order chi connectivity index (χ1) is 14.5. The zero-order valence-corrected chi connectivity index (χ0v) is 22.2. The Labute approximate surface area is 210 Å². The van der Waals surface area contributed by atoms with E-state index < -0.39 is 0 Å². The molecular formula is C23H40ClIN4O2. The minimum absolute atomic E-state index is 0. The molecule has 0 aliphatic carbocycles. The molecule has 1 aromatic rings. The van der Waals surface area contributed by atoms with Crippen molar-refractivity contribution >= 4 is 41.5 Å². The Bertz CT molecular complexity index is 642. The maximum absolute atomic E-state index is 9.38. The summed E-state index contributed by atoms with van der Waals surface area (Å²) in [4.78, 5) is 7.25. The number of nitrogens with zero attached hydrogens (tertiary/aromatic N) is 2. The van der Waals surface area contributed by atoms with Crippen LogP contribution in [0.25, 0.3) is 0 Å². The van der Waals surface area contributed by atoms with Crippen LogP contribution in [0.5, 0.6) is 0 Å². The highest BCUT2D eigenvalue weighted by Gasteiger charge is 2.24. The van der Waals surface area contributed by atoms with Gasteiger partial charge in [-0.2, -0.15) is 0 Å². The van der Waals surface area contributed by atoms with Gasteiger partial charge in [-0.15, -0.1) is 24.0 Å². The Morgan fingerprint density at radius 1 is 1.23 bits per heavy atom. The Hall–Kier alpha value is -0.610. The van der Waals surface area contributed by atoms with Crippen molar-refractivity contribution in [3.63, 3.8) is 0 Å². The van der Waals surface area contributed by atoms with E-state index in [4.69, 9.17) is 21.3 Å². The monoisotopic (exact) mass is 566 g/mol. The Morgan fingerprint density at radius 3 is 2.55 bits per heavy atom. The van der Waals surface area contributed by atoms with Crippen LogP contribution in [0.2, 0.25) is 5.02 Å². The van der Waals surface area contributed by atoms with Gasteiger partial charge in [0.05, 0.1) is 19.3 Å². The molecule has 2 rings (SSSR count). The number of hydrogen-bond donors (Lipinski definition) is 3. The van der Waals surface area contributed by atoms with Crippen molar-refractivity contribution in [3.8, 4) is 0 Å². The molecule has 6 nitrogen and oxygen atoms in total. The summed E-state index contributed by atoms with van der Waals surface area (Å²) >= 11 is 6.55. The summed E-state index contributed by atoms with van der Waals surface area (Å²) in [6.45, 7) is 12.2. The van der Waals surface area contributed by atoms with Gasteiger partial charge in [-0.25, -0.2) is 0 Å². The van der Waals surface area contributed by atoms with Crippen molar-refractivity contribution in [2.45, 2.75) is 39.7 Å². The van der Waals surface area contributed by atoms with Gasteiger partial charge in [0.1, 0.15) is 0 Å². The number of morpholine rings is 1. The fraction of sp³-hybridized carbons (Fsp3) is 0.696. The van der Waals surface area contributed by atoms with E-state index in [0.717, 1.165) is 62.2 Å². The number of halogens is 2. The molecule has 1 aromatic carbocycles. The third-order valence-corrected chi connectivity index (χ3v) is 5.75. The first-order valence-corrected chi connectivity index (χ1v) is 11.6. The van der Waals surface area contributed by atoms with E-state index in [-0.39, 0.29) is 36.6 Å². The first-order valence-electron chi connectivity index (χ1n) is 11.2. The number of benzene rings is 1. The van der Waals surface area contributed by atoms with E-state index in [0.29, 0.717) is 24.9 Å². The average Bonchev–Trinajstić information content (AvgIpc) is 2.73. The zero-order valence-electron chi connectivity index (χ0n) is 19.1. The van der Waals surface area contributed by atoms with Crippen molar-refractivity contribution in [1.29, 1.82) is 0 Å². The average molecular weight is 567 g/mol. The molecule has 0 radical (unpaired) electrons. The molecule has 1 fully saturated rings. The highest BCUT2D eigenvalue weighted by molar-refractivity contribution is 14.0. The number of nitrogens with one attached hydrogen (secondary N) is 2. The van der Waals surface area contributed by atoms with Gasteiger partial charge in [-0.3, -0.25) is 9.89 Å². The van der Waals surface area contributed by atoms with Gasteiger partial charge in [-0.05, 0) is 43.2 Å². The number of aliphatic imine (C=N–C) groups is 1. The van der Waals surface area contributed by atoms with Crippen LogP contribution in [0.15, 0.2) is 29.3 Å². The minimum Gasteiger partial charge on any atom is -0.396 e. The normalized spacial score (nSPS) is 17.2. The molecule has 8 heteroatoms. The van der Waals surface area contributed by atoms with Crippen molar-refractivity contribution in [2.24, 2.45) is 16.8 Å². The molecule has 0 amide bonds. The number of ether oxygens (including phenoxy) is 1. The van der Waals surface area contributed by atoms with Crippen LogP contribution in [0.3, 0.4) is 0 Å². The van der Waals surface area contributed by atoms with Gasteiger partial charge in [0, 0.05) is 44.4 Å². The molecule has 0 aromatic heterocycles. The second-order valence-corrected chi connectivity index (χ2v) is 8.70. The maximum Gasteiger partial charge on any atom is 0.191 e. The summed E-state index contributed by atoms with van der Waals surface area (Å²) in [5.74, 6) is 1.80. The van der Waals surface area contributed by atoms with Crippen LogP contribution in [0, 0.1) is 11.8 Å². The highest BCUT2D eigenvalue weighted by Crippen LogP contribution is 2.27. The third kappa shape index (κ3) is 10.2. The van der Waals surface area contributed by atoms with E-state index in [2.05, 4.69) is 42.4 Å². The molecule has 1 saturated heterocycles. The summed E-state index contributed by atoms with van der Waals surface area (Å²) in [6.07, 6.45) is 1.86. The van der Waals surface area contributed by atoms with Crippen LogP contribution in [0.1, 0.15) is 45.2 Å². The predicted molar refractivity (Wildman–Crippen MR) is 141 cm³/mol. The summed E-state index contributed by atoms with van der Waals surface area (Å²) < 4.78 is 5.55. The van der Waals surface area contributed by atoms with Crippen LogP contribution in [-0.4, -0.2) is 68.5 Å². The van der Waals surface area contributed by atoms with Crippen molar-refractivity contribution in [2.75, 3.05) is 52.5 Å². The van der Waals surface area contributed by atoms with Gasteiger partial charge >= 0.3 is 0 Å². The second-order valence-electron chi connectivity index (χ2n) is 8.29. The molecule has 3 N–H and O–H groups in total. The van der Waals surface area contributed by atoms with Crippen LogP contribution in [0.4, 0.5) is 0 Å². The SMILES string of the molecule is CCNC(=NCC(CCO)CC(C)C)NCC(c1ccccc1Cl)N1CCOCC1.I. The van der Waals surface area contributed by atoms with Gasteiger partial charge in [0.2, 0.25) is 0 Å². The zero-order chi connectivity index (χ0) is 21.8. The largest absolute Gasteiger partial charge is 0.396 e. The summed E-state index contributed by atoms with van der Waals surface area (Å²) in [7, 11) is 0. The number of aliphatic hydroxyl groups excluding tert-OH is 1. The van der Waals surface area contributed by atoms with Crippen LogP contribution in [-0.2, 0) is 4.74 Å². The molecule has 1 aliphatic heterocycles. The number of rotatable bonds is 11. The number of guanidine groups is 1. The molecule has 31 heavy (non-hydrogen) atoms. The van der Waals surface area contributed by atoms with Gasteiger partial charge in [-0.1, -0.05) is 43.6 Å². The standard InChI is InChI=1S/C23H39ClN4O2.HI/c1-4-25-23(26-16-19(9-12-29)15-18(2)3)27-17-22(28-10-13-30-14-11-28)20-7-5-6-8-21(20)24;/h5-8,18-19,22,29H,4,9-17H2,1-3H3,(H2,25,26,27);1H. The quantitative estimate of drug-likeness (QED) is 0.215. The molecular weight excluding hydrogens is 527 g/mol. The van der Waals surface area contributed by atoms with E-state index in [1.165, 1.54) is 0 Å². The molecule has 178 valence electrons.